The molecule has 1 aromatic heterocycles. The van der Waals surface area contributed by atoms with Gasteiger partial charge in [0, 0.05) is 29.7 Å². The molecular weight excluding hydrogens is 467 g/mol. The second-order valence-corrected chi connectivity index (χ2v) is 9.74. The van der Waals surface area contributed by atoms with Crippen LogP contribution in [0.5, 0.6) is 0 Å². The Labute approximate surface area is 193 Å². The monoisotopic (exact) mass is 488 g/mol. The van der Waals surface area contributed by atoms with E-state index in [0.29, 0.717) is 22.4 Å². The molecule has 0 bridgehead atoms. The fourth-order valence-electron chi connectivity index (χ4n) is 2.79. The van der Waals surface area contributed by atoms with Crippen molar-refractivity contribution in [2.24, 2.45) is 0 Å². The lowest BCUT2D eigenvalue weighted by Crippen LogP contribution is -2.22. The van der Waals surface area contributed by atoms with Crippen LogP contribution in [0.2, 0.25) is 10.0 Å². The Bertz CT molecular complexity index is 1080. The lowest BCUT2D eigenvalue weighted by Gasteiger charge is -2.11. The topological polar surface area (TPSA) is 62.6 Å². The van der Waals surface area contributed by atoms with E-state index in [0.717, 1.165) is 29.9 Å². The summed E-state index contributed by atoms with van der Waals surface area (Å²) in [6.07, 6.45) is 0.783. The number of nitrogens with one attached hydrogen (secondary N) is 1. The number of hydrogen-bond donors (Lipinski definition) is 1. The molecular formula is C21H23Cl3N2O3S. The van der Waals surface area contributed by atoms with Gasteiger partial charge >= 0.3 is 0 Å². The molecule has 0 unspecified atom stereocenters. The van der Waals surface area contributed by atoms with E-state index in [4.69, 9.17) is 27.6 Å². The van der Waals surface area contributed by atoms with Crippen molar-refractivity contribution in [2.45, 2.75) is 17.9 Å². The molecule has 9 heteroatoms. The molecule has 3 rings (SSSR count). The SMILES string of the molecule is CN(C)S(=O)(=O)c1ccc(-c2ccc(CNCCc3ccc(Cl)cc3Cl)o2)cc1.Cl. The van der Waals surface area contributed by atoms with Crippen LogP contribution >= 0.6 is 35.6 Å². The molecule has 0 saturated heterocycles. The number of halogens is 3. The van der Waals surface area contributed by atoms with Gasteiger partial charge in [0.15, 0.2) is 0 Å². The quantitative estimate of drug-likeness (QED) is 0.439. The number of furan rings is 1. The minimum absolute atomic E-state index is 0. The number of benzene rings is 2. The molecule has 1 heterocycles. The van der Waals surface area contributed by atoms with Gasteiger partial charge in [-0.1, -0.05) is 29.3 Å². The molecule has 0 spiro atoms. The van der Waals surface area contributed by atoms with Crippen molar-refractivity contribution in [3.8, 4) is 11.3 Å². The zero-order valence-electron chi connectivity index (χ0n) is 16.6. The smallest absolute Gasteiger partial charge is 0.242 e. The summed E-state index contributed by atoms with van der Waals surface area (Å²) in [4.78, 5) is 0.251. The summed E-state index contributed by atoms with van der Waals surface area (Å²) >= 11 is 12.1. The first-order valence-electron chi connectivity index (χ1n) is 9.03. The van der Waals surface area contributed by atoms with Crippen molar-refractivity contribution in [3.05, 3.63) is 76.0 Å². The predicted molar refractivity (Wildman–Crippen MR) is 124 cm³/mol. The Morgan fingerprint density at radius 1 is 1.00 bits per heavy atom. The third kappa shape index (κ3) is 6.00. The Morgan fingerprint density at radius 2 is 1.70 bits per heavy atom. The molecule has 0 atom stereocenters. The lowest BCUT2D eigenvalue weighted by atomic mass is 10.1. The first-order valence-corrected chi connectivity index (χ1v) is 11.2. The van der Waals surface area contributed by atoms with E-state index in [-0.39, 0.29) is 17.3 Å². The van der Waals surface area contributed by atoms with E-state index in [1.54, 1.807) is 30.3 Å². The summed E-state index contributed by atoms with van der Waals surface area (Å²) in [5.41, 5.74) is 1.86. The van der Waals surface area contributed by atoms with E-state index in [1.165, 1.54) is 18.4 Å². The summed E-state index contributed by atoms with van der Waals surface area (Å²) in [6.45, 7) is 1.33. The van der Waals surface area contributed by atoms with Gasteiger partial charge in [-0.2, -0.15) is 0 Å². The third-order valence-electron chi connectivity index (χ3n) is 4.46. The lowest BCUT2D eigenvalue weighted by molar-refractivity contribution is 0.494. The zero-order chi connectivity index (χ0) is 21.0. The molecule has 1 N–H and O–H groups in total. The predicted octanol–water partition coefficient (Wildman–Crippen LogP) is 5.26. The minimum Gasteiger partial charge on any atom is -0.460 e. The number of rotatable bonds is 8. The highest BCUT2D eigenvalue weighted by Gasteiger charge is 2.17. The zero-order valence-corrected chi connectivity index (χ0v) is 19.7. The van der Waals surface area contributed by atoms with Gasteiger partial charge in [-0.05, 0) is 67.1 Å². The molecule has 3 aromatic rings. The number of hydrogen-bond acceptors (Lipinski definition) is 4. The van der Waals surface area contributed by atoms with Gasteiger partial charge in [0.25, 0.3) is 0 Å². The summed E-state index contributed by atoms with van der Waals surface area (Å²) in [7, 11) is -0.418. The fourth-order valence-corrected chi connectivity index (χ4v) is 4.19. The first kappa shape index (κ1) is 24.7. The van der Waals surface area contributed by atoms with E-state index in [2.05, 4.69) is 5.32 Å². The van der Waals surface area contributed by atoms with Crippen molar-refractivity contribution in [3.63, 3.8) is 0 Å². The van der Waals surface area contributed by atoms with Gasteiger partial charge in [0.05, 0.1) is 11.4 Å². The summed E-state index contributed by atoms with van der Waals surface area (Å²) in [5.74, 6) is 1.49. The van der Waals surface area contributed by atoms with Crippen molar-refractivity contribution in [1.82, 2.24) is 9.62 Å². The second-order valence-electron chi connectivity index (χ2n) is 6.74. The average Bonchev–Trinajstić information content (AvgIpc) is 3.15. The largest absolute Gasteiger partial charge is 0.460 e. The molecule has 0 aliphatic carbocycles. The Balaban J connectivity index is 0.00000320. The highest BCUT2D eigenvalue weighted by molar-refractivity contribution is 7.89. The van der Waals surface area contributed by atoms with E-state index < -0.39 is 10.0 Å². The van der Waals surface area contributed by atoms with Crippen molar-refractivity contribution >= 4 is 45.6 Å². The maximum absolute atomic E-state index is 12.2. The molecule has 30 heavy (non-hydrogen) atoms. The Hall–Kier alpha value is -1.54. The van der Waals surface area contributed by atoms with E-state index in [1.807, 2.05) is 24.3 Å². The van der Waals surface area contributed by atoms with Gasteiger partial charge in [-0.25, -0.2) is 12.7 Å². The third-order valence-corrected chi connectivity index (χ3v) is 6.88. The van der Waals surface area contributed by atoms with Gasteiger partial charge in [-0.15, -0.1) is 12.4 Å². The molecule has 5 nitrogen and oxygen atoms in total. The highest BCUT2D eigenvalue weighted by atomic mass is 35.5. The van der Waals surface area contributed by atoms with Crippen LogP contribution in [-0.2, 0) is 23.0 Å². The van der Waals surface area contributed by atoms with Crippen LogP contribution in [0.4, 0.5) is 0 Å². The Morgan fingerprint density at radius 3 is 2.33 bits per heavy atom. The number of sulfonamides is 1. The van der Waals surface area contributed by atoms with E-state index >= 15 is 0 Å². The summed E-state index contributed by atoms with van der Waals surface area (Å²) in [5, 5.41) is 4.62. The summed E-state index contributed by atoms with van der Waals surface area (Å²) < 4.78 is 31.4. The Kier molecular flexibility index (Phi) is 8.79. The first-order chi connectivity index (χ1) is 13.8. The van der Waals surface area contributed by atoms with Gasteiger partial charge in [0.1, 0.15) is 11.5 Å². The molecule has 0 aliphatic heterocycles. The molecule has 0 amide bonds. The van der Waals surface area contributed by atoms with Crippen LogP contribution in [0.15, 0.2) is 63.9 Å². The second kappa shape index (κ2) is 10.7. The van der Waals surface area contributed by atoms with Crippen molar-refractivity contribution in [1.29, 1.82) is 0 Å². The van der Waals surface area contributed by atoms with Crippen LogP contribution in [0.3, 0.4) is 0 Å². The molecule has 162 valence electrons. The van der Waals surface area contributed by atoms with Crippen LogP contribution in [0, 0.1) is 0 Å². The highest BCUT2D eigenvalue weighted by Crippen LogP contribution is 2.25. The minimum atomic E-state index is -3.44. The molecule has 2 aromatic carbocycles. The van der Waals surface area contributed by atoms with Gasteiger partial charge < -0.3 is 9.73 Å². The molecule has 0 radical (unpaired) electrons. The van der Waals surface area contributed by atoms with Gasteiger partial charge in [-0.3, -0.25) is 0 Å². The van der Waals surface area contributed by atoms with Crippen LogP contribution in [0.25, 0.3) is 11.3 Å². The average molecular weight is 490 g/mol. The number of nitrogens with zero attached hydrogens (tertiary/aromatic N) is 1. The van der Waals surface area contributed by atoms with Crippen LogP contribution in [0.1, 0.15) is 11.3 Å². The van der Waals surface area contributed by atoms with Crippen molar-refractivity contribution < 1.29 is 12.8 Å². The normalized spacial score (nSPS) is 11.5. The van der Waals surface area contributed by atoms with Crippen molar-refractivity contribution in [2.75, 3.05) is 20.6 Å². The molecule has 0 saturated carbocycles. The molecule has 0 aliphatic rings. The summed E-state index contributed by atoms with van der Waals surface area (Å²) in [6, 6.07) is 15.9. The van der Waals surface area contributed by atoms with Gasteiger partial charge in [0.2, 0.25) is 10.0 Å². The maximum Gasteiger partial charge on any atom is 0.242 e. The molecule has 0 fully saturated rings. The maximum atomic E-state index is 12.2. The fraction of sp³-hybridized carbons (Fsp3) is 0.238. The standard InChI is InChI=1S/C21H22Cl2N2O3S.ClH/c1-25(2)29(26,27)19-8-4-16(5-9-19)21-10-7-18(28-21)14-24-12-11-15-3-6-17(22)13-20(15)23;/h3-10,13,24H,11-12,14H2,1-2H3;1H. The van der Waals surface area contributed by atoms with Crippen LogP contribution in [-0.4, -0.2) is 33.4 Å². The van der Waals surface area contributed by atoms with Crippen LogP contribution < -0.4 is 5.32 Å². The van der Waals surface area contributed by atoms with E-state index in [9.17, 15) is 8.42 Å².